The van der Waals surface area contributed by atoms with Gasteiger partial charge in [-0.3, -0.25) is 19.8 Å². The van der Waals surface area contributed by atoms with E-state index >= 15 is 0 Å². The number of piperidine rings is 2. The molecule has 2 atom stereocenters. The van der Waals surface area contributed by atoms with Gasteiger partial charge >= 0.3 is 0 Å². The van der Waals surface area contributed by atoms with E-state index in [0.717, 1.165) is 74.3 Å². The number of hydrogen-bond acceptors (Lipinski definition) is 6. The molecule has 0 bridgehead atoms. The van der Waals surface area contributed by atoms with Crippen LogP contribution in [0.2, 0.25) is 5.02 Å². The van der Waals surface area contributed by atoms with Gasteiger partial charge in [0.05, 0.1) is 18.2 Å². The molecule has 4 aliphatic rings. The third-order valence-corrected chi connectivity index (χ3v) is 9.39. The van der Waals surface area contributed by atoms with E-state index in [9.17, 15) is 14.7 Å². The molecule has 2 aromatic rings. The largest absolute Gasteiger partial charge is 0.374 e. The molecule has 0 radical (unpaired) electrons. The number of aryl methyl sites for hydroxylation is 1. The van der Waals surface area contributed by atoms with Gasteiger partial charge in [-0.25, -0.2) is 0 Å². The van der Waals surface area contributed by atoms with Crippen LogP contribution >= 0.6 is 11.6 Å². The van der Waals surface area contributed by atoms with Crippen LogP contribution in [0.3, 0.4) is 0 Å². The molecule has 8 heteroatoms. The number of ether oxygens (including phenoxy) is 1. The lowest BCUT2D eigenvalue weighted by Gasteiger charge is -2.39. The van der Waals surface area contributed by atoms with Crippen LogP contribution in [0.1, 0.15) is 79.0 Å². The lowest BCUT2D eigenvalue weighted by molar-refractivity contribution is -0.141. The molecule has 202 valence electrons. The van der Waals surface area contributed by atoms with E-state index in [1.807, 2.05) is 29.2 Å². The van der Waals surface area contributed by atoms with Gasteiger partial charge in [0.25, 0.3) is 0 Å². The van der Waals surface area contributed by atoms with E-state index in [0.29, 0.717) is 26.0 Å². The third kappa shape index (κ3) is 4.80. The minimum atomic E-state index is -0.803. The minimum Gasteiger partial charge on any atom is -0.374 e. The molecule has 6 rings (SSSR count). The highest BCUT2D eigenvalue weighted by Crippen LogP contribution is 2.46. The maximum absolute atomic E-state index is 12.4. The molecule has 2 fully saturated rings. The number of amides is 2. The third-order valence-electron chi connectivity index (χ3n) is 9.04. The predicted molar refractivity (Wildman–Crippen MR) is 144 cm³/mol. The second-order valence-corrected chi connectivity index (χ2v) is 11.6. The lowest BCUT2D eigenvalue weighted by Crippen LogP contribution is -2.51. The second kappa shape index (κ2) is 10.7. The quantitative estimate of drug-likeness (QED) is 0.407. The lowest BCUT2D eigenvalue weighted by atomic mass is 9.83. The summed E-state index contributed by atoms with van der Waals surface area (Å²) in [4.78, 5) is 28.3. The highest BCUT2D eigenvalue weighted by atomic mass is 35.5. The molecule has 2 unspecified atom stereocenters. The molecule has 2 saturated heterocycles. The van der Waals surface area contributed by atoms with Gasteiger partial charge < -0.3 is 14.7 Å². The fraction of sp³-hybridized carbons (Fsp3) is 0.533. The Labute approximate surface area is 229 Å². The zero-order valence-electron chi connectivity index (χ0n) is 21.8. The Bertz CT molecular complexity index is 1230. The Kier molecular flexibility index (Phi) is 7.31. The van der Waals surface area contributed by atoms with Crippen LogP contribution in [-0.4, -0.2) is 52.4 Å². The Morgan fingerprint density at radius 1 is 1.05 bits per heavy atom. The highest BCUT2D eigenvalue weighted by Gasteiger charge is 2.43. The molecule has 2 N–H and O–H groups in total. The van der Waals surface area contributed by atoms with Gasteiger partial charge in [0.1, 0.15) is 6.23 Å². The highest BCUT2D eigenvalue weighted by molar-refractivity contribution is 6.31. The summed E-state index contributed by atoms with van der Waals surface area (Å²) >= 11 is 6.40. The summed E-state index contributed by atoms with van der Waals surface area (Å²) in [7, 11) is 0. The number of carbonyl (C=O) groups is 2. The summed E-state index contributed by atoms with van der Waals surface area (Å²) < 4.78 is 6.30. The monoisotopic (exact) mass is 537 g/mol. The maximum atomic E-state index is 12.4. The topological polar surface area (TPSA) is 82.1 Å². The number of imide groups is 1. The molecule has 4 aliphatic heterocycles. The molecule has 2 aromatic carbocycles. The van der Waals surface area contributed by atoms with Gasteiger partial charge in [-0.05, 0) is 67.8 Å². The van der Waals surface area contributed by atoms with Gasteiger partial charge in [-0.2, -0.15) is 0 Å². The average Bonchev–Trinajstić information content (AvgIpc) is 3.44. The zero-order valence-corrected chi connectivity index (χ0v) is 22.5. The predicted octanol–water partition coefficient (Wildman–Crippen LogP) is 4.19. The molecule has 0 saturated carbocycles. The maximum Gasteiger partial charge on any atom is 0.244 e. The number of aliphatic hydroxyl groups is 1. The number of aliphatic hydroxyl groups excluding tert-OH is 1. The van der Waals surface area contributed by atoms with Gasteiger partial charge in [-0.15, -0.1) is 0 Å². The van der Waals surface area contributed by atoms with Crippen molar-refractivity contribution >= 4 is 23.4 Å². The number of nitrogens with one attached hydrogen (secondary N) is 1. The van der Waals surface area contributed by atoms with Crippen molar-refractivity contribution in [2.75, 3.05) is 19.6 Å². The Morgan fingerprint density at radius 3 is 2.68 bits per heavy atom. The van der Waals surface area contributed by atoms with Crippen molar-refractivity contribution in [3.63, 3.8) is 0 Å². The first-order valence-corrected chi connectivity index (χ1v) is 14.4. The SMILES string of the molecule is O=C1CCC(N2Cc3c(CCCCCN4CCC5(CC4)OCc4c(Cl)cccc45)cccc3C2O)C(=O)N1. The first-order valence-electron chi connectivity index (χ1n) is 14.0. The fourth-order valence-electron chi connectivity index (χ4n) is 6.85. The molecular weight excluding hydrogens is 502 g/mol. The van der Waals surface area contributed by atoms with Crippen LogP contribution < -0.4 is 5.32 Å². The number of halogens is 1. The Morgan fingerprint density at radius 2 is 1.87 bits per heavy atom. The normalized spacial score (nSPS) is 25.0. The van der Waals surface area contributed by atoms with E-state index < -0.39 is 12.3 Å². The smallest absolute Gasteiger partial charge is 0.244 e. The summed E-state index contributed by atoms with van der Waals surface area (Å²) in [5, 5.41) is 14.2. The van der Waals surface area contributed by atoms with Crippen molar-refractivity contribution in [1.82, 2.24) is 15.1 Å². The van der Waals surface area contributed by atoms with Gasteiger partial charge in [0, 0.05) is 42.2 Å². The summed E-state index contributed by atoms with van der Waals surface area (Å²) in [5.74, 6) is -0.532. The number of hydrogen-bond donors (Lipinski definition) is 2. The van der Waals surface area contributed by atoms with E-state index in [2.05, 4.69) is 22.3 Å². The summed E-state index contributed by atoms with van der Waals surface area (Å²) in [5.41, 5.74) is 5.60. The Balaban J connectivity index is 0.972. The van der Waals surface area contributed by atoms with Crippen LogP contribution in [-0.2, 0) is 39.5 Å². The standard InChI is InChI=1S/C30H36ClN3O4/c31-25-10-5-9-24-23(25)19-38-30(24)13-16-33(17-14-30)15-3-1-2-6-20-7-4-8-21-22(20)18-34(29(21)37)26-11-12-27(35)32-28(26)36/h4-5,7-10,26,29,37H,1-3,6,11-19H2,(H,32,35,36). The zero-order chi connectivity index (χ0) is 26.3. The van der Waals surface area contributed by atoms with Crippen LogP contribution in [0.5, 0.6) is 0 Å². The molecule has 7 nitrogen and oxygen atoms in total. The molecule has 38 heavy (non-hydrogen) atoms. The number of fused-ring (bicyclic) bond motifs is 3. The molecule has 1 spiro atoms. The van der Waals surface area contributed by atoms with E-state index in [1.165, 1.54) is 16.7 Å². The number of rotatable bonds is 7. The van der Waals surface area contributed by atoms with E-state index in [4.69, 9.17) is 16.3 Å². The van der Waals surface area contributed by atoms with Crippen LogP contribution in [0, 0.1) is 0 Å². The van der Waals surface area contributed by atoms with Crippen molar-refractivity contribution in [1.29, 1.82) is 0 Å². The van der Waals surface area contributed by atoms with Gasteiger partial charge in [0.2, 0.25) is 11.8 Å². The molecule has 0 aliphatic carbocycles. The number of nitrogens with zero attached hydrogens (tertiary/aromatic N) is 2. The molecule has 0 aromatic heterocycles. The van der Waals surface area contributed by atoms with Gasteiger partial charge in [0.15, 0.2) is 0 Å². The molecule has 2 amide bonds. The summed E-state index contributed by atoms with van der Waals surface area (Å²) in [6.45, 7) is 4.37. The van der Waals surface area contributed by atoms with Crippen molar-refractivity contribution in [3.8, 4) is 0 Å². The number of likely N-dealkylation sites (tertiary alicyclic amines) is 1. The van der Waals surface area contributed by atoms with E-state index in [-0.39, 0.29) is 17.4 Å². The number of unbranched alkanes of at least 4 members (excludes halogenated alkanes) is 2. The first kappa shape index (κ1) is 26.0. The first-order chi connectivity index (χ1) is 18.4. The van der Waals surface area contributed by atoms with Gasteiger partial charge in [-0.1, -0.05) is 48.4 Å². The summed E-state index contributed by atoms with van der Waals surface area (Å²) in [6.07, 6.45) is 6.37. The fourth-order valence-corrected chi connectivity index (χ4v) is 7.08. The summed E-state index contributed by atoms with van der Waals surface area (Å²) in [6, 6.07) is 11.8. The van der Waals surface area contributed by atoms with Crippen molar-refractivity contribution in [2.45, 2.75) is 82.4 Å². The van der Waals surface area contributed by atoms with Crippen molar-refractivity contribution in [3.05, 3.63) is 69.2 Å². The van der Waals surface area contributed by atoms with Crippen molar-refractivity contribution < 1.29 is 19.4 Å². The average molecular weight is 538 g/mol. The van der Waals surface area contributed by atoms with E-state index in [1.54, 1.807) is 0 Å². The second-order valence-electron chi connectivity index (χ2n) is 11.2. The van der Waals surface area contributed by atoms with Crippen LogP contribution in [0.4, 0.5) is 0 Å². The van der Waals surface area contributed by atoms with Crippen molar-refractivity contribution in [2.24, 2.45) is 0 Å². The number of carbonyl (C=O) groups excluding carboxylic acids is 2. The van der Waals surface area contributed by atoms with Crippen LogP contribution in [0.25, 0.3) is 0 Å². The minimum absolute atomic E-state index is 0.156. The molecule has 4 heterocycles. The molecular formula is C30H36ClN3O4. The van der Waals surface area contributed by atoms with Crippen LogP contribution in [0.15, 0.2) is 36.4 Å². The Hall–Kier alpha value is -2.29. The number of benzene rings is 2.